The van der Waals surface area contributed by atoms with Gasteiger partial charge in [0, 0.05) is 0 Å². The van der Waals surface area contributed by atoms with Crippen molar-refractivity contribution >= 4 is 50.8 Å². The summed E-state index contributed by atoms with van der Waals surface area (Å²) >= 11 is 0. The molecule has 9 aromatic rings. The molecule has 0 radical (unpaired) electrons. The Kier molecular flexibility index (Phi) is 6.74. The summed E-state index contributed by atoms with van der Waals surface area (Å²) in [5.41, 5.74) is 12.9. The van der Waals surface area contributed by atoms with Crippen LogP contribution < -0.4 is 10.4 Å². The third-order valence-corrected chi connectivity index (χ3v) is 14.8. The predicted octanol–water partition coefficient (Wildman–Crippen LogP) is 12.6. The highest BCUT2D eigenvalue weighted by atomic mass is 28.3. The van der Waals surface area contributed by atoms with E-state index in [1.807, 2.05) is 0 Å². The van der Waals surface area contributed by atoms with Gasteiger partial charge in [-0.15, -0.1) is 0 Å². The lowest BCUT2D eigenvalue weighted by molar-refractivity contribution is 1.60. The van der Waals surface area contributed by atoms with Crippen LogP contribution in [0.15, 0.2) is 182 Å². The van der Waals surface area contributed by atoms with Gasteiger partial charge in [0.05, 0.1) is 0 Å². The van der Waals surface area contributed by atoms with Crippen LogP contribution in [0.2, 0.25) is 13.1 Å². The molecule has 0 saturated carbocycles. The van der Waals surface area contributed by atoms with E-state index >= 15 is 0 Å². The van der Waals surface area contributed by atoms with Crippen molar-refractivity contribution in [3.8, 4) is 55.6 Å². The van der Waals surface area contributed by atoms with Crippen LogP contribution in [0.5, 0.6) is 0 Å². The van der Waals surface area contributed by atoms with Crippen LogP contribution in [0.1, 0.15) is 0 Å². The van der Waals surface area contributed by atoms with E-state index in [4.69, 9.17) is 0 Å². The van der Waals surface area contributed by atoms with Gasteiger partial charge in [0.2, 0.25) is 0 Å². The molecular weight excluding hydrogens is 629 g/mol. The van der Waals surface area contributed by atoms with Gasteiger partial charge in [0.1, 0.15) is 8.07 Å². The third kappa shape index (κ3) is 4.66. The zero-order chi connectivity index (χ0) is 34.1. The summed E-state index contributed by atoms with van der Waals surface area (Å²) in [4.78, 5) is 0. The zero-order valence-corrected chi connectivity index (χ0v) is 29.8. The molecule has 0 saturated heterocycles. The second-order valence-electron chi connectivity index (χ2n) is 14.5. The normalized spacial score (nSPS) is 13.1. The second-order valence-corrected chi connectivity index (χ2v) is 18.8. The lowest BCUT2D eigenvalue weighted by Crippen LogP contribution is -2.49. The molecule has 240 valence electrons. The molecule has 0 fully saturated rings. The number of hydrogen-bond acceptors (Lipinski definition) is 0. The molecule has 1 heterocycles. The predicted molar refractivity (Wildman–Crippen MR) is 223 cm³/mol. The first-order valence-corrected chi connectivity index (χ1v) is 20.9. The average Bonchev–Trinajstić information content (AvgIpc) is 3.41. The van der Waals surface area contributed by atoms with Crippen LogP contribution in [0.25, 0.3) is 88.0 Å². The lowest BCUT2D eigenvalue weighted by Gasteiger charge is -2.23. The Morgan fingerprint density at radius 2 is 0.863 bits per heavy atom. The van der Waals surface area contributed by atoms with E-state index in [2.05, 4.69) is 195 Å². The van der Waals surface area contributed by atoms with Crippen molar-refractivity contribution in [2.75, 3.05) is 0 Å². The number of hydrogen-bond donors (Lipinski definition) is 0. The van der Waals surface area contributed by atoms with Gasteiger partial charge >= 0.3 is 0 Å². The highest BCUT2D eigenvalue weighted by Gasteiger charge is 2.38. The van der Waals surface area contributed by atoms with Gasteiger partial charge in [-0.05, 0) is 117 Å². The van der Waals surface area contributed by atoms with Crippen molar-refractivity contribution in [1.82, 2.24) is 0 Å². The molecule has 0 atom stereocenters. The van der Waals surface area contributed by atoms with Crippen LogP contribution in [0.3, 0.4) is 0 Å². The summed E-state index contributed by atoms with van der Waals surface area (Å²) in [6.45, 7) is 5.05. The van der Waals surface area contributed by atoms with Gasteiger partial charge in [-0.2, -0.15) is 0 Å². The average molecular weight is 665 g/mol. The number of fused-ring (bicyclic) bond motifs is 6. The topological polar surface area (TPSA) is 0 Å². The maximum absolute atomic E-state index is 2.59. The van der Waals surface area contributed by atoms with Gasteiger partial charge in [-0.25, -0.2) is 0 Å². The van der Waals surface area contributed by atoms with E-state index in [9.17, 15) is 0 Å². The quantitative estimate of drug-likeness (QED) is 0.130. The summed E-state index contributed by atoms with van der Waals surface area (Å²) in [7, 11) is -1.94. The second kappa shape index (κ2) is 11.5. The van der Waals surface area contributed by atoms with Gasteiger partial charge < -0.3 is 0 Å². The van der Waals surface area contributed by atoms with E-state index in [0.717, 1.165) is 0 Å². The Labute approximate surface area is 300 Å². The Morgan fingerprint density at radius 1 is 0.294 bits per heavy atom. The van der Waals surface area contributed by atoms with Gasteiger partial charge in [-0.1, -0.05) is 177 Å². The molecular formula is C50H36Si. The fourth-order valence-corrected chi connectivity index (χ4v) is 11.8. The molecule has 0 amide bonds. The Balaban J connectivity index is 1.38. The molecule has 0 spiro atoms. The van der Waals surface area contributed by atoms with E-state index in [1.165, 1.54) is 98.3 Å². The highest BCUT2D eigenvalue weighted by Crippen LogP contribution is 2.48. The van der Waals surface area contributed by atoms with E-state index < -0.39 is 8.07 Å². The highest BCUT2D eigenvalue weighted by molar-refractivity contribution is 7.04. The van der Waals surface area contributed by atoms with Crippen molar-refractivity contribution in [2.45, 2.75) is 13.1 Å². The molecule has 51 heavy (non-hydrogen) atoms. The first-order valence-electron chi connectivity index (χ1n) is 17.9. The SMILES string of the molecule is C[Si]1(C)c2ccccc2-c2cc3c(-c4ccccc4-c4ccccc4)c4ccc(-c5ccc6ccccc6c5)cc4c(-c4ccccc4)c3cc21. The maximum Gasteiger partial charge on any atom is 0.113 e. The minimum Gasteiger partial charge on any atom is -0.0623 e. The van der Waals surface area contributed by atoms with Crippen LogP contribution in [-0.2, 0) is 0 Å². The van der Waals surface area contributed by atoms with E-state index in [-0.39, 0.29) is 0 Å². The molecule has 0 N–H and O–H groups in total. The zero-order valence-electron chi connectivity index (χ0n) is 28.8. The Morgan fingerprint density at radius 3 is 1.65 bits per heavy atom. The first kappa shape index (κ1) is 29.9. The summed E-state index contributed by atoms with van der Waals surface area (Å²) in [6.07, 6.45) is 0. The fraction of sp³-hybridized carbons (Fsp3) is 0.0400. The first-order chi connectivity index (χ1) is 25.1. The van der Waals surface area contributed by atoms with E-state index in [0.29, 0.717) is 0 Å². The minimum atomic E-state index is -1.94. The standard InChI is InChI=1S/C50H36Si/c1-51(2)47-24-14-13-22-40(47)43-31-45-46(32-48(43)51)49(35-18-7-4-8-19-35)44-30-38(37-26-25-33-15-9-10-20-36(33)29-37)27-28-42(44)50(45)41-23-12-11-21-39(41)34-16-5-3-6-17-34/h3-32H,1-2H3. The van der Waals surface area contributed by atoms with Crippen LogP contribution in [0.4, 0.5) is 0 Å². The van der Waals surface area contributed by atoms with Crippen molar-refractivity contribution in [3.05, 3.63) is 182 Å². The largest absolute Gasteiger partial charge is 0.113 e. The molecule has 1 aliphatic heterocycles. The van der Waals surface area contributed by atoms with Crippen LogP contribution >= 0.6 is 0 Å². The van der Waals surface area contributed by atoms with Crippen molar-refractivity contribution in [1.29, 1.82) is 0 Å². The van der Waals surface area contributed by atoms with Crippen molar-refractivity contribution in [2.24, 2.45) is 0 Å². The van der Waals surface area contributed by atoms with Crippen LogP contribution in [-0.4, -0.2) is 8.07 Å². The summed E-state index contributed by atoms with van der Waals surface area (Å²) < 4.78 is 0. The fourth-order valence-electron chi connectivity index (χ4n) is 8.75. The number of rotatable bonds is 4. The molecule has 0 bridgehead atoms. The van der Waals surface area contributed by atoms with Crippen molar-refractivity contribution in [3.63, 3.8) is 0 Å². The molecule has 0 aromatic heterocycles. The Hall–Kier alpha value is -6.02. The molecule has 0 aliphatic carbocycles. The molecule has 9 aromatic carbocycles. The molecule has 1 aliphatic rings. The molecule has 10 rings (SSSR count). The van der Waals surface area contributed by atoms with Crippen molar-refractivity contribution < 1.29 is 0 Å². The third-order valence-electron chi connectivity index (χ3n) is 11.2. The summed E-state index contributed by atoms with van der Waals surface area (Å²) in [5, 5.41) is 10.8. The monoisotopic (exact) mass is 664 g/mol. The summed E-state index contributed by atoms with van der Waals surface area (Å²) in [6, 6.07) is 67.9. The molecule has 0 nitrogen and oxygen atoms in total. The maximum atomic E-state index is 2.59. The lowest BCUT2D eigenvalue weighted by atomic mass is 9.82. The summed E-state index contributed by atoms with van der Waals surface area (Å²) in [5.74, 6) is 0. The molecule has 1 heteroatoms. The number of benzene rings is 9. The Bertz CT molecular complexity index is 2810. The van der Waals surface area contributed by atoms with Crippen LogP contribution in [0, 0.1) is 0 Å². The van der Waals surface area contributed by atoms with Gasteiger partial charge in [0.15, 0.2) is 0 Å². The molecule has 0 unspecified atom stereocenters. The van der Waals surface area contributed by atoms with Gasteiger partial charge in [0.25, 0.3) is 0 Å². The van der Waals surface area contributed by atoms with Gasteiger partial charge in [-0.3, -0.25) is 0 Å². The van der Waals surface area contributed by atoms with E-state index in [1.54, 1.807) is 0 Å². The minimum absolute atomic E-state index is 1.23. The smallest absolute Gasteiger partial charge is 0.0623 e.